The molecule has 62 valence electrons. The Hall–Kier alpha value is -1.21. The maximum atomic E-state index is 8.16. The Kier molecular flexibility index (Phi) is 4.95. The third-order valence-electron chi connectivity index (χ3n) is 1.27. The molecule has 0 rings (SSSR count). The van der Waals surface area contributed by atoms with Crippen molar-refractivity contribution < 1.29 is 5.21 Å². The maximum absolute atomic E-state index is 8.16. The zero-order valence-electron chi connectivity index (χ0n) is 6.54. The van der Waals surface area contributed by atoms with E-state index in [1.165, 1.54) is 0 Å². The molecule has 0 radical (unpaired) electrons. The lowest BCUT2D eigenvalue weighted by atomic mass is 10.2. The smallest absolute Gasteiger partial charge is 0.153 e. The summed E-state index contributed by atoms with van der Waals surface area (Å²) in [7, 11) is 0. The SMILES string of the molecule is C#CC(CC)NC/C(N)=N/O. The van der Waals surface area contributed by atoms with Crippen LogP contribution in [-0.4, -0.2) is 23.6 Å². The monoisotopic (exact) mass is 155 g/mol. The van der Waals surface area contributed by atoms with Crippen LogP contribution in [0.3, 0.4) is 0 Å². The van der Waals surface area contributed by atoms with Crippen LogP contribution in [0, 0.1) is 12.3 Å². The summed E-state index contributed by atoms with van der Waals surface area (Å²) in [6.07, 6.45) is 5.98. The first kappa shape index (κ1) is 9.79. The summed E-state index contributed by atoms with van der Waals surface area (Å²) < 4.78 is 0. The van der Waals surface area contributed by atoms with E-state index < -0.39 is 0 Å². The Morgan fingerprint density at radius 3 is 2.91 bits per heavy atom. The van der Waals surface area contributed by atoms with Crippen LogP contribution in [0.25, 0.3) is 0 Å². The summed E-state index contributed by atoms with van der Waals surface area (Å²) in [5, 5.41) is 13.9. The Morgan fingerprint density at radius 2 is 2.55 bits per heavy atom. The highest BCUT2D eigenvalue weighted by Crippen LogP contribution is 1.85. The number of rotatable bonds is 4. The van der Waals surface area contributed by atoms with Crippen molar-refractivity contribution in [1.29, 1.82) is 0 Å². The van der Waals surface area contributed by atoms with Crippen molar-refractivity contribution in [2.45, 2.75) is 19.4 Å². The Bertz CT molecular complexity index is 171. The fourth-order valence-electron chi connectivity index (χ4n) is 0.584. The largest absolute Gasteiger partial charge is 0.409 e. The topological polar surface area (TPSA) is 70.6 Å². The summed E-state index contributed by atoms with van der Waals surface area (Å²) in [5.41, 5.74) is 5.20. The van der Waals surface area contributed by atoms with Gasteiger partial charge in [0.2, 0.25) is 0 Å². The lowest BCUT2D eigenvalue weighted by Crippen LogP contribution is -2.35. The van der Waals surface area contributed by atoms with Crippen LogP contribution in [0.2, 0.25) is 0 Å². The highest BCUT2D eigenvalue weighted by molar-refractivity contribution is 5.81. The van der Waals surface area contributed by atoms with E-state index in [4.69, 9.17) is 17.4 Å². The molecule has 0 aliphatic carbocycles. The number of hydrogen-bond donors (Lipinski definition) is 3. The van der Waals surface area contributed by atoms with Crippen molar-refractivity contribution in [3.63, 3.8) is 0 Å². The molecule has 4 heteroatoms. The lowest BCUT2D eigenvalue weighted by Gasteiger charge is -2.08. The molecule has 0 spiro atoms. The molecular weight excluding hydrogens is 142 g/mol. The van der Waals surface area contributed by atoms with E-state index >= 15 is 0 Å². The van der Waals surface area contributed by atoms with Gasteiger partial charge in [0, 0.05) is 0 Å². The summed E-state index contributed by atoms with van der Waals surface area (Å²) in [6.45, 7) is 2.28. The number of nitrogens with one attached hydrogen (secondary N) is 1. The molecule has 1 unspecified atom stereocenters. The Morgan fingerprint density at radius 1 is 1.91 bits per heavy atom. The van der Waals surface area contributed by atoms with Crippen molar-refractivity contribution >= 4 is 5.84 Å². The third kappa shape index (κ3) is 4.23. The fourth-order valence-corrected chi connectivity index (χ4v) is 0.584. The Labute approximate surface area is 66.5 Å². The highest BCUT2D eigenvalue weighted by atomic mass is 16.4. The molecule has 4 N–H and O–H groups in total. The van der Waals surface area contributed by atoms with Crippen LogP contribution >= 0.6 is 0 Å². The summed E-state index contributed by atoms with van der Waals surface area (Å²) in [6, 6.07) is -0.00435. The van der Waals surface area contributed by atoms with Gasteiger partial charge >= 0.3 is 0 Å². The quantitative estimate of drug-likeness (QED) is 0.172. The van der Waals surface area contributed by atoms with E-state index in [1.54, 1.807) is 0 Å². The van der Waals surface area contributed by atoms with Gasteiger partial charge in [0.25, 0.3) is 0 Å². The zero-order valence-corrected chi connectivity index (χ0v) is 6.54. The first-order valence-electron chi connectivity index (χ1n) is 3.40. The minimum absolute atomic E-state index is 0.00435. The number of nitrogens with two attached hydrogens (primary N) is 1. The van der Waals surface area contributed by atoms with Gasteiger partial charge in [0.05, 0.1) is 12.6 Å². The second-order valence-electron chi connectivity index (χ2n) is 2.10. The zero-order chi connectivity index (χ0) is 8.69. The van der Waals surface area contributed by atoms with E-state index in [2.05, 4.69) is 16.4 Å². The molecule has 0 aliphatic heterocycles. The second kappa shape index (κ2) is 5.57. The minimum Gasteiger partial charge on any atom is -0.409 e. The van der Waals surface area contributed by atoms with Crippen LogP contribution in [0.15, 0.2) is 5.16 Å². The van der Waals surface area contributed by atoms with E-state index in [0.717, 1.165) is 6.42 Å². The molecule has 0 amide bonds. The Balaban J connectivity index is 3.61. The molecule has 4 nitrogen and oxygen atoms in total. The molecule has 0 fully saturated rings. The van der Waals surface area contributed by atoms with Gasteiger partial charge in [-0.3, -0.25) is 5.32 Å². The number of terminal acetylenes is 1. The third-order valence-corrected chi connectivity index (χ3v) is 1.27. The number of nitrogens with zero attached hydrogens (tertiary/aromatic N) is 1. The first-order valence-corrected chi connectivity index (χ1v) is 3.40. The second-order valence-corrected chi connectivity index (χ2v) is 2.10. The molecule has 0 aromatic heterocycles. The summed E-state index contributed by atoms with van der Waals surface area (Å²) >= 11 is 0. The van der Waals surface area contributed by atoms with E-state index in [9.17, 15) is 0 Å². The molecule has 0 saturated carbocycles. The van der Waals surface area contributed by atoms with Gasteiger partial charge in [0.1, 0.15) is 0 Å². The predicted octanol–water partition coefficient (Wildman–Crippen LogP) is -0.266. The molecule has 0 saturated heterocycles. The van der Waals surface area contributed by atoms with E-state index in [0.29, 0.717) is 6.54 Å². The summed E-state index contributed by atoms with van der Waals surface area (Å²) in [5.74, 6) is 2.67. The minimum atomic E-state index is -0.00435. The van der Waals surface area contributed by atoms with E-state index in [1.807, 2.05) is 6.92 Å². The molecule has 0 heterocycles. The molecular formula is C7H13N3O. The maximum Gasteiger partial charge on any atom is 0.153 e. The highest BCUT2D eigenvalue weighted by Gasteiger charge is 2.00. The van der Waals surface area contributed by atoms with E-state index in [-0.39, 0.29) is 11.9 Å². The predicted molar refractivity (Wildman–Crippen MR) is 44.3 cm³/mol. The van der Waals surface area contributed by atoms with Crippen LogP contribution in [0.1, 0.15) is 13.3 Å². The molecule has 0 bridgehead atoms. The molecule has 0 aliphatic rings. The average molecular weight is 155 g/mol. The van der Waals surface area contributed by atoms with Crippen LogP contribution in [0.5, 0.6) is 0 Å². The number of amidine groups is 1. The van der Waals surface area contributed by atoms with Gasteiger partial charge in [-0.25, -0.2) is 0 Å². The summed E-state index contributed by atoms with van der Waals surface area (Å²) in [4.78, 5) is 0. The van der Waals surface area contributed by atoms with Gasteiger partial charge in [0.15, 0.2) is 5.84 Å². The van der Waals surface area contributed by atoms with Gasteiger partial charge in [-0.2, -0.15) is 0 Å². The van der Waals surface area contributed by atoms with Gasteiger partial charge < -0.3 is 10.9 Å². The van der Waals surface area contributed by atoms with Crippen molar-refractivity contribution in [3.8, 4) is 12.3 Å². The average Bonchev–Trinajstić information content (AvgIpc) is 2.06. The standard InChI is InChI=1S/C7H13N3O/c1-3-6(4-2)9-5-7(8)10-11/h1,6,9,11H,4-5H2,2H3,(H2,8,10). The normalized spacial score (nSPS) is 14.0. The van der Waals surface area contributed by atoms with Gasteiger partial charge in [-0.15, -0.1) is 6.42 Å². The van der Waals surface area contributed by atoms with Crippen LogP contribution in [0.4, 0.5) is 0 Å². The molecule has 0 aromatic carbocycles. The van der Waals surface area contributed by atoms with Crippen LogP contribution in [-0.2, 0) is 0 Å². The number of hydrogen-bond acceptors (Lipinski definition) is 3. The lowest BCUT2D eigenvalue weighted by molar-refractivity contribution is 0.317. The van der Waals surface area contributed by atoms with Crippen molar-refractivity contribution in [1.82, 2.24) is 5.32 Å². The van der Waals surface area contributed by atoms with Gasteiger partial charge in [-0.05, 0) is 6.42 Å². The fraction of sp³-hybridized carbons (Fsp3) is 0.571. The van der Waals surface area contributed by atoms with Crippen molar-refractivity contribution in [2.24, 2.45) is 10.9 Å². The van der Waals surface area contributed by atoms with Crippen molar-refractivity contribution in [2.75, 3.05) is 6.54 Å². The molecule has 0 aromatic rings. The van der Waals surface area contributed by atoms with Crippen LogP contribution < -0.4 is 11.1 Å². The first-order chi connectivity index (χ1) is 5.24. The number of oxime groups is 1. The van der Waals surface area contributed by atoms with Crippen molar-refractivity contribution in [3.05, 3.63) is 0 Å². The molecule has 1 atom stereocenters. The molecule has 11 heavy (non-hydrogen) atoms. The van der Waals surface area contributed by atoms with Gasteiger partial charge in [-0.1, -0.05) is 18.0 Å².